The van der Waals surface area contributed by atoms with E-state index in [1.807, 2.05) is 32.0 Å². The van der Waals surface area contributed by atoms with Crippen LogP contribution in [0.1, 0.15) is 35.3 Å². The highest BCUT2D eigenvalue weighted by Gasteiger charge is 2.35. The first-order chi connectivity index (χ1) is 10.7. The minimum absolute atomic E-state index is 0.320. The van der Waals surface area contributed by atoms with Gasteiger partial charge in [-0.1, -0.05) is 28.9 Å². The van der Waals surface area contributed by atoms with Crippen LogP contribution in [0.2, 0.25) is 0 Å². The quantitative estimate of drug-likeness (QED) is 0.888. The summed E-state index contributed by atoms with van der Waals surface area (Å²) in [7, 11) is 0. The van der Waals surface area contributed by atoms with E-state index in [4.69, 9.17) is 0 Å². The molecule has 0 spiro atoms. The van der Waals surface area contributed by atoms with Crippen molar-refractivity contribution in [3.63, 3.8) is 0 Å². The number of hydrogen-bond acceptors (Lipinski definition) is 3. The lowest BCUT2D eigenvalue weighted by atomic mass is 10.0. The Kier molecular flexibility index (Phi) is 4.63. The smallest absolute Gasteiger partial charge is 0.338 e. The average Bonchev–Trinajstić information content (AvgIpc) is 2.89. The van der Waals surface area contributed by atoms with Crippen molar-refractivity contribution in [1.29, 1.82) is 0 Å². The first-order valence-electron chi connectivity index (χ1n) is 6.85. The number of halogens is 3. The summed E-state index contributed by atoms with van der Waals surface area (Å²) >= 11 is 0. The minimum atomic E-state index is -4.62. The van der Waals surface area contributed by atoms with Crippen LogP contribution in [0.25, 0.3) is 0 Å². The van der Waals surface area contributed by atoms with Gasteiger partial charge in [0, 0.05) is 6.07 Å². The Bertz CT molecular complexity index is 710. The molecule has 0 saturated heterocycles. The lowest BCUT2D eigenvalue weighted by molar-refractivity contribution is -0.142. The third-order valence-electron chi connectivity index (χ3n) is 3.29. The molecule has 124 valence electrons. The van der Waals surface area contributed by atoms with E-state index in [1.54, 1.807) is 6.92 Å². The summed E-state index contributed by atoms with van der Waals surface area (Å²) in [6.07, 6.45) is -4.62. The van der Waals surface area contributed by atoms with Crippen LogP contribution < -0.4 is 10.6 Å². The molecule has 8 heteroatoms. The van der Waals surface area contributed by atoms with Crippen molar-refractivity contribution in [2.24, 2.45) is 0 Å². The van der Waals surface area contributed by atoms with Crippen molar-refractivity contribution in [2.75, 3.05) is 5.32 Å². The number of nitrogens with zero attached hydrogens (tertiary/aromatic N) is 1. The van der Waals surface area contributed by atoms with E-state index in [1.165, 1.54) is 0 Å². The minimum Gasteiger partial charge on any atom is -0.338 e. The summed E-state index contributed by atoms with van der Waals surface area (Å²) in [4.78, 5) is 11.9. The third kappa shape index (κ3) is 4.24. The zero-order chi connectivity index (χ0) is 17.2. The lowest BCUT2D eigenvalue weighted by Gasteiger charge is -2.17. The molecule has 0 aliphatic carbocycles. The van der Waals surface area contributed by atoms with Crippen LogP contribution in [0.3, 0.4) is 0 Å². The fourth-order valence-electron chi connectivity index (χ4n) is 2.12. The van der Waals surface area contributed by atoms with Gasteiger partial charge in [-0.05, 0) is 31.9 Å². The zero-order valence-electron chi connectivity index (χ0n) is 12.8. The molecule has 2 amide bonds. The summed E-state index contributed by atoms with van der Waals surface area (Å²) in [5.41, 5.74) is 1.77. The van der Waals surface area contributed by atoms with E-state index in [0.717, 1.165) is 16.7 Å². The van der Waals surface area contributed by atoms with Gasteiger partial charge in [0.15, 0.2) is 5.69 Å². The molecule has 1 aromatic carbocycles. The molecule has 5 nitrogen and oxygen atoms in total. The Morgan fingerprint density at radius 3 is 2.57 bits per heavy atom. The van der Waals surface area contributed by atoms with E-state index in [-0.39, 0.29) is 11.9 Å². The first-order valence-corrected chi connectivity index (χ1v) is 6.85. The van der Waals surface area contributed by atoms with E-state index in [9.17, 15) is 18.0 Å². The number of nitrogens with one attached hydrogen (secondary N) is 2. The van der Waals surface area contributed by atoms with Crippen LogP contribution >= 0.6 is 0 Å². The van der Waals surface area contributed by atoms with Crippen LogP contribution in [-0.2, 0) is 6.18 Å². The summed E-state index contributed by atoms with van der Waals surface area (Å²) in [6, 6.07) is 5.47. The number of anilines is 1. The fourth-order valence-corrected chi connectivity index (χ4v) is 2.12. The molecule has 0 aliphatic heterocycles. The number of alkyl halides is 3. The fraction of sp³-hybridized carbons (Fsp3) is 0.333. The van der Waals surface area contributed by atoms with Crippen molar-refractivity contribution < 1.29 is 22.5 Å². The lowest BCUT2D eigenvalue weighted by Crippen LogP contribution is -2.31. The molecule has 0 bridgehead atoms. The average molecular weight is 327 g/mol. The second kappa shape index (κ2) is 6.31. The predicted molar refractivity (Wildman–Crippen MR) is 78.0 cm³/mol. The van der Waals surface area contributed by atoms with Crippen molar-refractivity contribution >= 4 is 11.9 Å². The maximum atomic E-state index is 12.4. The number of rotatable bonds is 3. The van der Waals surface area contributed by atoms with Gasteiger partial charge in [0.05, 0.1) is 6.04 Å². The topological polar surface area (TPSA) is 67.2 Å². The normalized spacial score (nSPS) is 12.8. The number of carbonyl (C=O) groups excluding carboxylic acids is 1. The van der Waals surface area contributed by atoms with E-state index >= 15 is 0 Å². The first kappa shape index (κ1) is 16.9. The Labute approximate surface area is 130 Å². The highest BCUT2D eigenvalue weighted by atomic mass is 19.4. The summed E-state index contributed by atoms with van der Waals surface area (Å²) in [5.74, 6) is -0.372. The molecule has 23 heavy (non-hydrogen) atoms. The van der Waals surface area contributed by atoms with Gasteiger partial charge in [-0.2, -0.15) is 13.2 Å². The van der Waals surface area contributed by atoms with Crippen molar-refractivity contribution in [1.82, 2.24) is 10.5 Å². The molecule has 0 aliphatic rings. The second-order valence-electron chi connectivity index (χ2n) is 5.25. The van der Waals surface area contributed by atoms with Gasteiger partial charge in [-0.25, -0.2) is 4.79 Å². The third-order valence-corrected chi connectivity index (χ3v) is 3.29. The van der Waals surface area contributed by atoms with Gasteiger partial charge in [-0.15, -0.1) is 0 Å². The number of aromatic nitrogens is 1. The van der Waals surface area contributed by atoms with Gasteiger partial charge in [0.25, 0.3) is 0 Å². The summed E-state index contributed by atoms with van der Waals surface area (Å²) in [6.45, 7) is 5.63. The molecule has 1 heterocycles. The Hall–Kier alpha value is -2.51. The van der Waals surface area contributed by atoms with Gasteiger partial charge in [0.2, 0.25) is 5.88 Å². The molecule has 0 fully saturated rings. The highest BCUT2D eigenvalue weighted by molar-refractivity contribution is 5.88. The number of aryl methyl sites for hydroxylation is 2. The molecule has 1 atom stereocenters. The van der Waals surface area contributed by atoms with Crippen molar-refractivity contribution in [3.05, 3.63) is 46.6 Å². The Morgan fingerprint density at radius 1 is 1.26 bits per heavy atom. The molecule has 2 aromatic rings. The zero-order valence-corrected chi connectivity index (χ0v) is 12.8. The SMILES string of the molecule is Cc1ccc(C)c(C(C)NC(=O)Nc2cc(C(F)(F)F)no2)c1. The van der Waals surface area contributed by atoms with E-state index in [2.05, 4.69) is 20.3 Å². The number of amides is 2. The van der Waals surface area contributed by atoms with Gasteiger partial charge < -0.3 is 9.84 Å². The molecule has 2 N–H and O–H groups in total. The molecule has 0 radical (unpaired) electrons. The van der Waals surface area contributed by atoms with Crippen molar-refractivity contribution in [2.45, 2.75) is 33.0 Å². The van der Waals surface area contributed by atoms with Crippen molar-refractivity contribution in [3.8, 4) is 0 Å². The van der Waals surface area contributed by atoms with Gasteiger partial charge in [-0.3, -0.25) is 5.32 Å². The maximum absolute atomic E-state index is 12.4. The second-order valence-corrected chi connectivity index (χ2v) is 5.25. The molecule has 2 rings (SSSR count). The maximum Gasteiger partial charge on any atom is 0.436 e. The van der Waals surface area contributed by atoms with Crippen LogP contribution in [-0.4, -0.2) is 11.2 Å². The summed E-state index contributed by atoms with van der Waals surface area (Å²) < 4.78 is 41.7. The molecule has 1 unspecified atom stereocenters. The van der Waals surface area contributed by atoms with Gasteiger partial charge in [0.1, 0.15) is 0 Å². The van der Waals surface area contributed by atoms with Crippen LogP contribution in [0.15, 0.2) is 28.8 Å². The molecule has 0 saturated carbocycles. The molecule has 1 aromatic heterocycles. The van der Waals surface area contributed by atoms with Crippen LogP contribution in [0, 0.1) is 13.8 Å². The van der Waals surface area contributed by atoms with Crippen LogP contribution in [0.4, 0.5) is 23.8 Å². The Morgan fingerprint density at radius 2 is 1.96 bits per heavy atom. The highest BCUT2D eigenvalue weighted by Crippen LogP contribution is 2.29. The number of carbonyl (C=O) groups is 1. The van der Waals surface area contributed by atoms with Crippen LogP contribution in [0.5, 0.6) is 0 Å². The number of urea groups is 1. The standard InChI is InChI=1S/C15H16F3N3O2/c1-8-4-5-9(2)11(6-8)10(3)19-14(22)20-13-7-12(21-23-13)15(16,17)18/h4-7,10H,1-3H3,(H2,19,20,22). The summed E-state index contributed by atoms with van der Waals surface area (Å²) in [5, 5.41) is 7.69. The Balaban J connectivity index is 2.02. The van der Waals surface area contributed by atoms with E-state index in [0.29, 0.717) is 6.07 Å². The largest absolute Gasteiger partial charge is 0.436 e. The van der Waals surface area contributed by atoms with E-state index < -0.39 is 17.9 Å². The predicted octanol–water partition coefficient (Wildman–Crippen LogP) is 4.19. The number of benzene rings is 1. The number of hydrogen-bond donors (Lipinski definition) is 2. The molecular formula is C15H16F3N3O2. The van der Waals surface area contributed by atoms with Gasteiger partial charge >= 0.3 is 12.2 Å². The monoisotopic (exact) mass is 327 g/mol. The molecular weight excluding hydrogens is 311 g/mol.